The Morgan fingerprint density at radius 2 is 1.62 bits per heavy atom. The van der Waals surface area contributed by atoms with Crippen LogP contribution >= 0.6 is 0 Å². The lowest BCUT2D eigenvalue weighted by atomic mass is 9.99. The summed E-state index contributed by atoms with van der Waals surface area (Å²) in [6.45, 7) is 1.34. The number of hydrogen-bond acceptors (Lipinski definition) is 2. The Kier molecular flexibility index (Phi) is 5.03. The van der Waals surface area contributed by atoms with Crippen LogP contribution in [0.1, 0.15) is 36.5 Å². The first-order valence-electron chi connectivity index (χ1n) is 7.74. The minimum atomic E-state index is 0.215. The second kappa shape index (κ2) is 7.39. The average Bonchev–Trinajstić information content (AvgIpc) is 2.57. The molecule has 1 unspecified atom stereocenters. The number of hydrogen-bond donors (Lipinski definition) is 0. The van der Waals surface area contributed by atoms with Crippen LogP contribution < -0.4 is 0 Å². The minimum absolute atomic E-state index is 0.215. The van der Waals surface area contributed by atoms with Crippen LogP contribution in [-0.2, 0) is 16.1 Å². The molecule has 2 atom stereocenters. The molecular weight excluding hydrogens is 260 g/mol. The van der Waals surface area contributed by atoms with Crippen molar-refractivity contribution in [3.63, 3.8) is 0 Å². The second-order valence-electron chi connectivity index (χ2n) is 5.59. The predicted molar refractivity (Wildman–Crippen MR) is 84.0 cm³/mol. The van der Waals surface area contributed by atoms with Crippen molar-refractivity contribution in [3.8, 4) is 0 Å². The fourth-order valence-corrected chi connectivity index (χ4v) is 2.82. The van der Waals surface area contributed by atoms with Crippen LogP contribution in [0.15, 0.2) is 60.7 Å². The topological polar surface area (TPSA) is 18.5 Å². The van der Waals surface area contributed by atoms with Crippen molar-refractivity contribution < 1.29 is 9.47 Å². The third-order valence-electron chi connectivity index (χ3n) is 3.94. The van der Waals surface area contributed by atoms with Gasteiger partial charge in [-0.25, -0.2) is 0 Å². The summed E-state index contributed by atoms with van der Waals surface area (Å²) in [6.07, 6.45) is 3.86. The molecule has 110 valence electrons. The van der Waals surface area contributed by atoms with Crippen molar-refractivity contribution in [1.82, 2.24) is 0 Å². The van der Waals surface area contributed by atoms with E-state index in [1.807, 2.05) is 24.3 Å². The molecule has 0 N–H and O–H groups in total. The van der Waals surface area contributed by atoms with Gasteiger partial charge in [0.25, 0.3) is 0 Å². The van der Waals surface area contributed by atoms with E-state index < -0.39 is 0 Å². The van der Waals surface area contributed by atoms with Gasteiger partial charge in [0.15, 0.2) is 0 Å². The highest BCUT2D eigenvalue weighted by atomic mass is 16.5. The van der Waals surface area contributed by atoms with E-state index in [9.17, 15) is 0 Å². The van der Waals surface area contributed by atoms with Crippen molar-refractivity contribution in [1.29, 1.82) is 0 Å². The maximum atomic E-state index is 6.19. The van der Waals surface area contributed by atoms with Gasteiger partial charge in [0.05, 0.1) is 25.4 Å². The lowest BCUT2D eigenvalue weighted by molar-refractivity contribution is -0.0905. The quantitative estimate of drug-likeness (QED) is 0.803. The standard InChI is InChI=1S/C19H22O2/c1-3-8-16(9-4-1)14-20-15-18-12-7-13-19(21-18)17-10-5-2-6-11-17/h1-6,8-11,18-19H,7,12-15H2/t18-,19?/m0/s1. The number of benzene rings is 2. The van der Waals surface area contributed by atoms with Crippen LogP contribution in [0.25, 0.3) is 0 Å². The molecule has 0 radical (unpaired) electrons. The van der Waals surface area contributed by atoms with Crippen molar-refractivity contribution >= 4 is 0 Å². The SMILES string of the molecule is c1ccc(COC[C@@H]2CCCC(c3ccccc3)O2)cc1. The van der Waals surface area contributed by atoms with Crippen LogP contribution in [0.2, 0.25) is 0 Å². The molecule has 1 aliphatic heterocycles. The van der Waals surface area contributed by atoms with Crippen LogP contribution in [0.4, 0.5) is 0 Å². The molecule has 1 saturated heterocycles. The minimum Gasteiger partial charge on any atom is -0.374 e. The van der Waals surface area contributed by atoms with E-state index in [-0.39, 0.29) is 12.2 Å². The van der Waals surface area contributed by atoms with Gasteiger partial charge < -0.3 is 9.47 Å². The summed E-state index contributed by atoms with van der Waals surface area (Å²) in [5.74, 6) is 0. The summed E-state index contributed by atoms with van der Waals surface area (Å²) in [6, 6.07) is 20.8. The molecule has 2 aromatic rings. The molecule has 2 nitrogen and oxygen atoms in total. The van der Waals surface area contributed by atoms with Gasteiger partial charge >= 0.3 is 0 Å². The van der Waals surface area contributed by atoms with Gasteiger partial charge in [-0.3, -0.25) is 0 Å². The number of rotatable bonds is 5. The zero-order valence-corrected chi connectivity index (χ0v) is 12.3. The molecule has 3 rings (SSSR count). The van der Waals surface area contributed by atoms with Gasteiger partial charge in [-0.05, 0) is 30.4 Å². The third-order valence-corrected chi connectivity index (χ3v) is 3.94. The Hall–Kier alpha value is -1.64. The fourth-order valence-electron chi connectivity index (χ4n) is 2.82. The normalized spacial score (nSPS) is 22.1. The highest BCUT2D eigenvalue weighted by Crippen LogP contribution is 2.31. The molecule has 0 aromatic heterocycles. The van der Waals surface area contributed by atoms with Gasteiger partial charge in [0, 0.05) is 0 Å². The first-order valence-corrected chi connectivity index (χ1v) is 7.74. The lowest BCUT2D eigenvalue weighted by Gasteiger charge is -2.30. The first kappa shape index (κ1) is 14.3. The van der Waals surface area contributed by atoms with Crippen molar-refractivity contribution in [3.05, 3.63) is 71.8 Å². The fraction of sp³-hybridized carbons (Fsp3) is 0.368. The molecule has 1 aliphatic rings. The predicted octanol–water partition coefficient (Wildman–Crippen LogP) is 4.51. The van der Waals surface area contributed by atoms with E-state index >= 15 is 0 Å². The van der Waals surface area contributed by atoms with E-state index in [0.29, 0.717) is 13.2 Å². The lowest BCUT2D eigenvalue weighted by Crippen LogP contribution is -2.26. The Labute approximate surface area is 126 Å². The van der Waals surface area contributed by atoms with Crippen LogP contribution in [0.3, 0.4) is 0 Å². The smallest absolute Gasteiger partial charge is 0.0829 e. The zero-order chi connectivity index (χ0) is 14.3. The van der Waals surface area contributed by atoms with Crippen LogP contribution in [-0.4, -0.2) is 12.7 Å². The van der Waals surface area contributed by atoms with Gasteiger partial charge in [0.2, 0.25) is 0 Å². The maximum absolute atomic E-state index is 6.19. The van der Waals surface area contributed by atoms with Crippen molar-refractivity contribution in [2.75, 3.05) is 6.61 Å². The van der Waals surface area contributed by atoms with Gasteiger partial charge in [-0.15, -0.1) is 0 Å². The number of ether oxygens (including phenoxy) is 2. The molecule has 2 aromatic carbocycles. The third kappa shape index (κ3) is 4.16. The molecule has 0 saturated carbocycles. The monoisotopic (exact) mass is 282 g/mol. The first-order chi connectivity index (χ1) is 10.4. The largest absolute Gasteiger partial charge is 0.374 e. The molecule has 2 heteroatoms. The summed E-state index contributed by atoms with van der Waals surface area (Å²) >= 11 is 0. The van der Waals surface area contributed by atoms with Crippen LogP contribution in [0.5, 0.6) is 0 Å². The van der Waals surface area contributed by atoms with E-state index in [1.165, 1.54) is 17.5 Å². The van der Waals surface area contributed by atoms with Gasteiger partial charge in [0.1, 0.15) is 0 Å². The summed E-state index contributed by atoms with van der Waals surface area (Å²) < 4.78 is 12.0. The van der Waals surface area contributed by atoms with E-state index in [0.717, 1.165) is 12.8 Å². The summed E-state index contributed by atoms with van der Waals surface area (Å²) in [4.78, 5) is 0. The van der Waals surface area contributed by atoms with Crippen molar-refractivity contribution in [2.24, 2.45) is 0 Å². The highest BCUT2D eigenvalue weighted by molar-refractivity contribution is 5.18. The van der Waals surface area contributed by atoms with Crippen LogP contribution in [0, 0.1) is 0 Å². The molecule has 1 fully saturated rings. The van der Waals surface area contributed by atoms with E-state index in [4.69, 9.17) is 9.47 Å². The van der Waals surface area contributed by atoms with Gasteiger partial charge in [-0.1, -0.05) is 60.7 Å². The second-order valence-corrected chi connectivity index (χ2v) is 5.59. The highest BCUT2D eigenvalue weighted by Gasteiger charge is 2.23. The maximum Gasteiger partial charge on any atom is 0.0829 e. The zero-order valence-electron chi connectivity index (χ0n) is 12.3. The summed E-state index contributed by atoms with van der Waals surface area (Å²) in [5.41, 5.74) is 2.50. The Morgan fingerprint density at radius 3 is 2.38 bits per heavy atom. The molecule has 0 aliphatic carbocycles. The Morgan fingerprint density at radius 1 is 0.905 bits per heavy atom. The molecule has 0 amide bonds. The Bertz CT molecular complexity index is 524. The average molecular weight is 282 g/mol. The van der Waals surface area contributed by atoms with E-state index in [2.05, 4.69) is 36.4 Å². The molecule has 21 heavy (non-hydrogen) atoms. The summed E-state index contributed by atoms with van der Waals surface area (Å²) in [5, 5.41) is 0. The summed E-state index contributed by atoms with van der Waals surface area (Å²) in [7, 11) is 0. The van der Waals surface area contributed by atoms with Crippen molar-refractivity contribution in [2.45, 2.75) is 38.1 Å². The van der Waals surface area contributed by atoms with Gasteiger partial charge in [-0.2, -0.15) is 0 Å². The molecule has 0 spiro atoms. The van der Waals surface area contributed by atoms with E-state index in [1.54, 1.807) is 0 Å². The molecule has 1 heterocycles. The molecular formula is C19H22O2. The Balaban J connectivity index is 1.48. The molecule has 0 bridgehead atoms.